The Morgan fingerprint density at radius 2 is 1.96 bits per heavy atom. The molecule has 1 aliphatic heterocycles. The molecule has 2 aromatic rings. The number of nitrogens with zero attached hydrogens (tertiary/aromatic N) is 3. The van der Waals surface area contributed by atoms with Gasteiger partial charge in [0.05, 0.1) is 17.6 Å². The van der Waals surface area contributed by atoms with E-state index in [1.54, 1.807) is 17.0 Å². The molecule has 27 heavy (non-hydrogen) atoms. The molecule has 142 valence electrons. The van der Waals surface area contributed by atoms with Gasteiger partial charge < -0.3 is 14.4 Å². The maximum atomic E-state index is 13.0. The van der Waals surface area contributed by atoms with Crippen LogP contribution in [-0.2, 0) is 4.74 Å². The lowest BCUT2D eigenvalue weighted by Crippen LogP contribution is -2.39. The third-order valence-corrected chi connectivity index (χ3v) is 4.32. The Bertz CT molecular complexity index is 835. The monoisotopic (exact) mass is 375 g/mol. The predicted molar refractivity (Wildman–Crippen MR) is 94.5 cm³/mol. The van der Waals surface area contributed by atoms with Crippen molar-refractivity contribution in [3.63, 3.8) is 0 Å². The molecule has 1 aromatic carbocycles. The zero-order valence-corrected chi connectivity index (χ0v) is 14.6. The highest BCUT2D eigenvalue weighted by atomic mass is 19.1. The van der Waals surface area contributed by atoms with Crippen LogP contribution in [0.5, 0.6) is 5.75 Å². The first-order valence-corrected chi connectivity index (χ1v) is 8.38. The van der Waals surface area contributed by atoms with E-state index in [0.717, 1.165) is 0 Å². The summed E-state index contributed by atoms with van der Waals surface area (Å²) in [5, 5.41) is 11.4. The fourth-order valence-corrected chi connectivity index (χ4v) is 2.94. The van der Waals surface area contributed by atoms with Crippen LogP contribution >= 0.6 is 0 Å². The number of hydrogen-bond donors (Lipinski definition) is 0. The molecule has 1 saturated heterocycles. The predicted octanol–water partition coefficient (Wildman–Crippen LogP) is 2.96. The Kier molecular flexibility index (Phi) is 5.49. The third kappa shape index (κ3) is 4.30. The van der Waals surface area contributed by atoms with Gasteiger partial charge in [-0.15, -0.1) is 0 Å². The number of methoxy groups -OCH3 is 1. The molecule has 2 heterocycles. The summed E-state index contributed by atoms with van der Waals surface area (Å²) in [5.41, 5.74) is -0.210. The summed E-state index contributed by atoms with van der Waals surface area (Å²) in [6.45, 7) is 1.02. The minimum absolute atomic E-state index is 0.0301. The lowest BCUT2D eigenvalue weighted by atomic mass is 10.1. The Labute approximate surface area is 154 Å². The van der Waals surface area contributed by atoms with Crippen LogP contribution < -0.4 is 9.64 Å². The van der Waals surface area contributed by atoms with Crippen molar-refractivity contribution in [2.45, 2.75) is 18.9 Å². The number of nitro groups is 1. The highest BCUT2D eigenvalue weighted by Crippen LogP contribution is 2.30. The quantitative estimate of drug-likeness (QED) is 0.450. The van der Waals surface area contributed by atoms with E-state index >= 15 is 0 Å². The molecule has 1 aliphatic rings. The van der Waals surface area contributed by atoms with Gasteiger partial charge in [0.15, 0.2) is 0 Å². The SMILES string of the molecule is COC(=O)c1cnc(N2CCC(Oc3ccc(F)cc3)CC2)c([N+](=O)[O-])c1. The Morgan fingerprint density at radius 3 is 2.56 bits per heavy atom. The molecule has 0 aliphatic carbocycles. The number of esters is 1. The zero-order valence-electron chi connectivity index (χ0n) is 14.6. The van der Waals surface area contributed by atoms with E-state index in [1.165, 1.54) is 31.5 Å². The second-order valence-corrected chi connectivity index (χ2v) is 6.07. The van der Waals surface area contributed by atoms with Crippen LogP contribution in [-0.4, -0.2) is 42.2 Å². The number of hydrogen-bond acceptors (Lipinski definition) is 7. The van der Waals surface area contributed by atoms with E-state index < -0.39 is 10.9 Å². The molecule has 8 nitrogen and oxygen atoms in total. The van der Waals surface area contributed by atoms with Gasteiger partial charge in [0.25, 0.3) is 0 Å². The van der Waals surface area contributed by atoms with Crippen molar-refractivity contribution in [3.8, 4) is 5.75 Å². The summed E-state index contributed by atoms with van der Waals surface area (Å²) in [4.78, 5) is 28.3. The molecule has 9 heteroatoms. The van der Waals surface area contributed by atoms with E-state index in [9.17, 15) is 19.3 Å². The average Bonchev–Trinajstić information content (AvgIpc) is 2.69. The van der Waals surface area contributed by atoms with Gasteiger partial charge in [-0.3, -0.25) is 10.1 Å². The molecule has 1 aromatic heterocycles. The van der Waals surface area contributed by atoms with Crippen molar-refractivity contribution in [2.24, 2.45) is 0 Å². The highest BCUT2D eigenvalue weighted by Gasteiger charge is 2.28. The average molecular weight is 375 g/mol. The van der Waals surface area contributed by atoms with Crippen LogP contribution in [0, 0.1) is 15.9 Å². The number of ether oxygens (including phenoxy) is 2. The van der Waals surface area contributed by atoms with Gasteiger partial charge in [0.1, 0.15) is 17.7 Å². The summed E-state index contributed by atoms with van der Waals surface area (Å²) in [6.07, 6.45) is 2.47. The molecule has 0 bridgehead atoms. The van der Waals surface area contributed by atoms with Gasteiger partial charge in [-0.05, 0) is 24.3 Å². The number of piperidine rings is 1. The van der Waals surface area contributed by atoms with Crippen molar-refractivity contribution in [1.82, 2.24) is 4.98 Å². The summed E-state index contributed by atoms with van der Waals surface area (Å²) < 4.78 is 23.4. The van der Waals surface area contributed by atoms with E-state index in [-0.39, 0.29) is 29.0 Å². The van der Waals surface area contributed by atoms with Crippen LogP contribution in [0.2, 0.25) is 0 Å². The number of halogens is 1. The molecule has 0 unspecified atom stereocenters. The number of anilines is 1. The third-order valence-electron chi connectivity index (χ3n) is 4.32. The van der Waals surface area contributed by atoms with Gasteiger partial charge in [0, 0.05) is 38.2 Å². The van der Waals surface area contributed by atoms with E-state index in [4.69, 9.17) is 4.74 Å². The van der Waals surface area contributed by atoms with Gasteiger partial charge >= 0.3 is 11.7 Å². The van der Waals surface area contributed by atoms with Crippen LogP contribution in [0.3, 0.4) is 0 Å². The maximum Gasteiger partial charge on any atom is 0.339 e. The summed E-state index contributed by atoms with van der Waals surface area (Å²) >= 11 is 0. The van der Waals surface area contributed by atoms with Crippen molar-refractivity contribution >= 4 is 17.5 Å². The Balaban J connectivity index is 1.69. The number of aromatic nitrogens is 1. The maximum absolute atomic E-state index is 13.0. The Hall–Kier alpha value is -3.23. The molecule has 3 rings (SSSR count). The Morgan fingerprint density at radius 1 is 1.30 bits per heavy atom. The fourth-order valence-electron chi connectivity index (χ4n) is 2.94. The van der Waals surface area contributed by atoms with Crippen molar-refractivity contribution < 1.29 is 23.6 Å². The molecule has 0 spiro atoms. The standard InChI is InChI=1S/C18H18FN3O5/c1-26-18(23)12-10-16(22(24)25)17(20-11-12)21-8-6-15(7-9-21)27-14-4-2-13(19)3-5-14/h2-5,10-11,15H,6-9H2,1H3. The van der Waals surface area contributed by atoms with E-state index in [0.29, 0.717) is 31.7 Å². The van der Waals surface area contributed by atoms with Crippen molar-refractivity contribution in [3.05, 3.63) is 58.0 Å². The van der Waals surface area contributed by atoms with Crippen molar-refractivity contribution in [1.29, 1.82) is 0 Å². The van der Waals surface area contributed by atoms with Gasteiger partial charge in [-0.25, -0.2) is 14.2 Å². The van der Waals surface area contributed by atoms with Gasteiger partial charge in [-0.1, -0.05) is 0 Å². The van der Waals surface area contributed by atoms with Gasteiger partial charge in [0.2, 0.25) is 5.82 Å². The summed E-state index contributed by atoms with van der Waals surface area (Å²) in [6, 6.07) is 6.98. The first kappa shape index (κ1) is 18.6. The fraction of sp³-hybridized carbons (Fsp3) is 0.333. The molecule has 0 atom stereocenters. The van der Waals surface area contributed by atoms with Crippen LogP contribution in [0.15, 0.2) is 36.5 Å². The number of benzene rings is 1. The van der Waals surface area contributed by atoms with Crippen molar-refractivity contribution in [2.75, 3.05) is 25.1 Å². The summed E-state index contributed by atoms with van der Waals surface area (Å²) in [5.74, 6) is -0.205. The minimum atomic E-state index is -0.677. The smallest absolute Gasteiger partial charge is 0.339 e. The van der Waals surface area contributed by atoms with E-state index in [1.807, 2.05) is 0 Å². The first-order valence-electron chi connectivity index (χ1n) is 8.38. The largest absolute Gasteiger partial charge is 0.490 e. The number of rotatable bonds is 5. The van der Waals surface area contributed by atoms with Crippen LogP contribution in [0.1, 0.15) is 23.2 Å². The number of carbonyl (C=O) groups excluding carboxylic acids is 1. The molecule has 0 radical (unpaired) electrons. The molecule has 0 saturated carbocycles. The van der Waals surface area contributed by atoms with Crippen LogP contribution in [0.25, 0.3) is 0 Å². The topological polar surface area (TPSA) is 94.8 Å². The zero-order chi connectivity index (χ0) is 19.4. The van der Waals surface area contributed by atoms with E-state index in [2.05, 4.69) is 9.72 Å². The van der Waals surface area contributed by atoms with Gasteiger partial charge in [-0.2, -0.15) is 0 Å². The minimum Gasteiger partial charge on any atom is -0.490 e. The second kappa shape index (κ2) is 7.98. The summed E-state index contributed by atoms with van der Waals surface area (Å²) in [7, 11) is 1.20. The van der Waals surface area contributed by atoms with Crippen LogP contribution in [0.4, 0.5) is 15.9 Å². The first-order chi connectivity index (χ1) is 13.0. The lowest BCUT2D eigenvalue weighted by Gasteiger charge is -2.32. The normalized spacial score (nSPS) is 14.7. The lowest BCUT2D eigenvalue weighted by molar-refractivity contribution is -0.384. The molecular weight excluding hydrogens is 357 g/mol. The number of carbonyl (C=O) groups is 1. The second-order valence-electron chi connectivity index (χ2n) is 6.07. The number of pyridine rings is 1. The highest BCUT2D eigenvalue weighted by molar-refractivity contribution is 5.90. The molecule has 1 fully saturated rings. The molecular formula is C18H18FN3O5. The molecule has 0 amide bonds. The molecule has 0 N–H and O–H groups in total.